The fourth-order valence-corrected chi connectivity index (χ4v) is 3.62. The summed E-state index contributed by atoms with van der Waals surface area (Å²) in [6.45, 7) is 4.00. The molecule has 1 N–H and O–H groups in total. The molecule has 4 rings (SSSR count). The van der Waals surface area contributed by atoms with Gasteiger partial charge in [-0.25, -0.2) is 17.9 Å². The molecule has 0 aliphatic carbocycles. The Kier molecular flexibility index (Phi) is 7.53. The summed E-state index contributed by atoms with van der Waals surface area (Å²) >= 11 is 0. The molecule has 1 heterocycles. The molecule has 0 aliphatic rings. The Labute approximate surface area is 202 Å². The van der Waals surface area contributed by atoms with Gasteiger partial charge in [0.25, 0.3) is 5.91 Å². The van der Waals surface area contributed by atoms with Gasteiger partial charge in [-0.2, -0.15) is 5.10 Å². The number of nitrogens with one attached hydrogen (secondary N) is 1. The molecular weight excluding hydrogens is 455 g/mol. The highest BCUT2D eigenvalue weighted by atomic mass is 19.1. The first-order valence-corrected chi connectivity index (χ1v) is 10.8. The van der Waals surface area contributed by atoms with Crippen LogP contribution in [0, 0.1) is 11.6 Å². The average molecular weight is 484 g/mol. The molecule has 3 aromatic carbocycles. The zero-order chi connectivity index (χ0) is 24.5. The Bertz CT molecular complexity index is 1310. The van der Waals surface area contributed by atoms with Crippen LogP contribution in [0.4, 0.5) is 13.2 Å². The van der Waals surface area contributed by atoms with Crippen molar-refractivity contribution in [3.8, 4) is 11.4 Å². The summed E-state index contributed by atoms with van der Waals surface area (Å²) in [5.41, 5.74) is -0.101. The summed E-state index contributed by atoms with van der Waals surface area (Å²) < 4.78 is 49.2. The molecule has 0 saturated heterocycles. The maximum Gasteiger partial charge on any atom is 0.257 e. The molecule has 5 nitrogen and oxygen atoms in total. The predicted octanol–water partition coefficient (Wildman–Crippen LogP) is 6.31. The first kappa shape index (κ1) is 25.8. The standard InChI is InChI=1S/C26H24F3N3O2.CH4/c1-16(31-25(33)26(2,3)29)24(17-5-4-6-20(28)13-17)34-22-11-12-23-18(14-22)15-30-32(23)21-9-7-19(27)8-10-21;/h4-16,24H,1-3H3,(H,31,33);1H4/t16-,24-;/m0./s1. The number of rotatable bonds is 7. The van der Waals surface area contributed by atoms with Gasteiger partial charge in [0.05, 0.1) is 23.4 Å². The van der Waals surface area contributed by atoms with E-state index in [1.807, 2.05) is 0 Å². The van der Waals surface area contributed by atoms with Gasteiger partial charge in [-0.15, -0.1) is 0 Å². The molecule has 0 radical (unpaired) electrons. The molecular formula is C27H28F3N3O2. The van der Waals surface area contributed by atoms with Gasteiger partial charge in [0.2, 0.25) is 0 Å². The molecule has 0 saturated carbocycles. The molecule has 0 bridgehead atoms. The highest BCUT2D eigenvalue weighted by Crippen LogP contribution is 2.29. The Balaban J connectivity index is 0.00000342. The summed E-state index contributed by atoms with van der Waals surface area (Å²) in [6.07, 6.45) is 0.867. The molecule has 1 amide bonds. The third kappa shape index (κ3) is 5.82. The molecule has 0 aliphatic heterocycles. The second-order valence-electron chi connectivity index (χ2n) is 8.58. The van der Waals surface area contributed by atoms with E-state index in [9.17, 15) is 18.0 Å². The number of carbonyl (C=O) groups is 1. The van der Waals surface area contributed by atoms with Crippen LogP contribution < -0.4 is 10.1 Å². The van der Waals surface area contributed by atoms with Crippen molar-refractivity contribution in [2.75, 3.05) is 0 Å². The number of ether oxygens (including phenoxy) is 1. The third-order valence-electron chi connectivity index (χ3n) is 5.40. The van der Waals surface area contributed by atoms with E-state index in [4.69, 9.17) is 4.74 Å². The van der Waals surface area contributed by atoms with Crippen LogP contribution in [0.15, 0.2) is 72.9 Å². The van der Waals surface area contributed by atoms with E-state index >= 15 is 0 Å². The predicted molar refractivity (Wildman–Crippen MR) is 130 cm³/mol. The van der Waals surface area contributed by atoms with Crippen LogP contribution in [0.5, 0.6) is 5.75 Å². The zero-order valence-electron chi connectivity index (χ0n) is 18.9. The molecule has 0 spiro atoms. The van der Waals surface area contributed by atoms with Crippen molar-refractivity contribution < 1.29 is 22.7 Å². The van der Waals surface area contributed by atoms with Crippen LogP contribution in [0.2, 0.25) is 0 Å². The van der Waals surface area contributed by atoms with Crippen LogP contribution in [0.1, 0.15) is 39.9 Å². The van der Waals surface area contributed by atoms with E-state index in [2.05, 4.69) is 10.4 Å². The van der Waals surface area contributed by atoms with Crippen LogP contribution in [-0.4, -0.2) is 27.4 Å². The zero-order valence-corrected chi connectivity index (χ0v) is 18.9. The highest BCUT2D eigenvalue weighted by molar-refractivity contribution is 5.84. The monoisotopic (exact) mass is 483 g/mol. The Morgan fingerprint density at radius 1 is 1.03 bits per heavy atom. The van der Waals surface area contributed by atoms with Gasteiger partial charge in [0.15, 0.2) is 5.67 Å². The smallest absolute Gasteiger partial charge is 0.257 e. The second-order valence-corrected chi connectivity index (χ2v) is 8.58. The van der Waals surface area contributed by atoms with Crippen LogP contribution in [0.25, 0.3) is 16.6 Å². The maximum absolute atomic E-state index is 14.1. The molecule has 0 unspecified atom stereocenters. The third-order valence-corrected chi connectivity index (χ3v) is 5.40. The number of aromatic nitrogens is 2. The molecule has 35 heavy (non-hydrogen) atoms. The molecule has 0 fully saturated rings. The fraction of sp³-hybridized carbons (Fsp3) is 0.259. The Hall–Kier alpha value is -3.81. The second kappa shape index (κ2) is 10.2. The van der Waals surface area contributed by atoms with Gasteiger partial charge in [-0.05, 0) is 80.9 Å². The van der Waals surface area contributed by atoms with E-state index in [0.29, 0.717) is 17.0 Å². The lowest BCUT2D eigenvalue weighted by molar-refractivity contribution is -0.132. The minimum atomic E-state index is -2.07. The number of hydrogen-bond donors (Lipinski definition) is 1. The first-order valence-electron chi connectivity index (χ1n) is 10.8. The van der Waals surface area contributed by atoms with Gasteiger partial charge in [-0.3, -0.25) is 4.79 Å². The van der Waals surface area contributed by atoms with Crippen molar-refractivity contribution in [2.24, 2.45) is 0 Å². The van der Waals surface area contributed by atoms with Crippen molar-refractivity contribution in [1.29, 1.82) is 0 Å². The summed E-state index contributed by atoms with van der Waals surface area (Å²) in [5.74, 6) is -1.12. The number of fused-ring (bicyclic) bond motifs is 1. The number of alkyl halides is 1. The topological polar surface area (TPSA) is 56.1 Å². The van der Waals surface area contributed by atoms with Crippen molar-refractivity contribution in [1.82, 2.24) is 15.1 Å². The summed E-state index contributed by atoms with van der Waals surface area (Å²) in [7, 11) is 0. The normalized spacial score (nSPS) is 13.1. The highest BCUT2D eigenvalue weighted by Gasteiger charge is 2.31. The van der Waals surface area contributed by atoms with E-state index < -0.39 is 29.5 Å². The number of carbonyl (C=O) groups excluding carboxylic acids is 1. The summed E-state index contributed by atoms with van der Waals surface area (Å²) in [4.78, 5) is 12.2. The molecule has 1 aromatic heterocycles. The van der Waals surface area contributed by atoms with E-state index in [-0.39, 0.29) is 13.2 Å². The van der Waals surface area contributed by atoms with Crippen molar-refractivity contribution in [2.45, 2.75) is 46.0 Å². The quantitative estimate of drug-likeness (QED) is 0.335. The first-order chi connectivity index (χ1) is 16.1. The van der Waals surface area contributed by atoms with Gasteiger partial charge in [0, 0.05) is 5.39 Å². The molecule has 4 aromatic rings. The number of amides is 1. The van der Waals surface area contributed by atoms with Crippen LogP contribution >= 0.6 is 0 Å². The number of benzene rings is 3. The average Bonchev–Trinajstić information content (AvgIpc) is 3.20. The van der Waals surface area contributed by atoms with E-state index in [1.54, 1.807) is 60.3 Å². The van der Waals surface area contributed by atoms with Gasteiger partial charge in [0.1, 0.15) is 23.5 Å². The number of halogens is 3. The van der Waals surface area contributed by atoms with Crippen LogP contribution in [-0.2, 0) is 4.79 Å². The lowest BCUT2D eigenvalue weighted by Gasteiger charge is -2.28. The van der Waals surface area contributed by atoms with Gasteiger partial charge in [-0.1, -0.05) is 19.6 Å². The maximum atomic E-state index is 14.1. The van der Waals surface area contributed by atoms with Crippen molar-refractivity contribution in [3.05, 3.63) is 90.1 Å². The Morgan fingerprint density at radius 2 is 1.74 bits per heavy atom. The van der Waals surface area contributed by atoms with Crippen molar-refractivity contribution in [3.63, 3.8) is 0 Å². The van der Waals surface area contributed by atoms with Gasteiger partial charge >= 0.3 is 0 Å². The summed E-state index contributed by atoms with van der Waals surface area (Å²) in [5, 5.41) is 7.76. The van der Waals surface area contributed by atoms with E-state index in [0.717, 1.165) is 10.9 Å². The molecule has 2 atom stereocenters. The Morgan fingerprint density at radius 3 is 2.40 bits per heavy atom. The summed E-state index contributed by atoms with van der Waals surface area (Å²) in [6, 6.07) is 16.5. The number of hydrogen-bond acceptors (Lipinski definition) is 3. The minimum absolute atomic E-state index is 0. The molecule has 184 valence electrons. The van der Waals surface area contributed by atoms with Crippen molar-refractivity contribution >= 4 is 16.8 Å². The largest absolute Gasteiger partial charge is 0.484 e. The van der Waals surface area contributed by atoms with Gasteiger partial charge < -0.3 is 10.1 Å². The number of nitrogens with zero attached hydrogens (tertiary/aromatic N) is 2. The lowest BCUT2D eigenvalue weighted by Crippen LogP contribution is -2.46. The molecule has 8 heteroatoms. The van der Waals surface area contributed by atoms with Crippen LogP contribution in [0.3, 0.4) is 0 Å². The minimum Gasteiger partial charge on any atom is -0.484 e. The SMILES string of the molecule is C.C[C@H](NC(=O)C(C)(C)F)[C@H](Oc1ccc2c(cnn2-c2ccc(F)cc2)c1)c1cccc(F)c1. The fourth-order valence-electron chi connectivity index (χ4n) is 3.62. The lowest BCUT2D eigenvalue weighted by atomic mass is 10.0. The van der Waals surface area contributed by atoms with E-state index in [1.165, 1.54) is 38.1 Å².